The molecule has 1 N–H and O–H groups in total. The van der Waals surface area contributed by atoms with Crippen molar-refractivity contribution in [2.75, 3.05) is 12.1 Å². The quantitative estimate of drug-likeness (QED) is 0.0427. The number of esters is 1. The predicted molar refractivity (Wildman–Crippen MR) is 178 cm³/mol. The fourth-order valence-electron chi connectivity index (χ4n) is 4.64. The molecule has 0 fully saturated rings. The largest absolute Gasteiger partial charge is 0.463 e. The maximum Gasteiger partial charge on any atom is 0.330 e. The van der Waals surface area contributed by atoms with Gasteiger partial charge in [-0.2, -0.15) is 0 Å². The number of ether oxygens (including phenoxy) is 1. The van der Waals surface area contributed by atoms with Crippen LogP contribution in [0.2, 0.25) is 18.1 Å². The molecule has 2 atom stereocenters. The molecule has 0 spiro atoms. The lowest BCUT2D eigenvalue weighted by molar-refractivity contribution is -0.137. The first-order chi connectivity index (χ1) is 19.6. The van der Waals surface area contributed by atoms with Gasteiger partial charge in [-0.1, -0.05) is 123 Å². The molecule has 0 heterocycles. The Hall–Kier alpha value is -1.63. The molecule has 0 aromatic heterocycles. The summed E-state index contributed by atoms with van der Waals surface area (Å²) in [5.41, 5.74) is 3.94. The molecule has 0 bridgehead atoms. The van der Waals surface area contributed by atoms with Gasteiger partial charge < -0.3 is 9.16 Å². The third-order valence-corrected chi connectivity index (χ3v) is 12.8. The Morgan fingerprint density at radius 1 is 0.829 bits per heavy atom. The highest BCUT2D eigenvalue weighted by Crippen LogP contribution is 2.38. The van der Waals surface area contributed by atoms with Gasteiger partial charge >= 0.3 is 5.97 Å². The van der Waals surface area contributed by atoms with Crippen LogP contribution in [0.15, 0.2) is 42.5 Å². The molecule has 6 heteroatoms. The zero-order chi connectivity index (χ0) is 30.4. The molecule has 1 aromatic carbocycles. The fraction of sp³-hybridized carbons (Fsp3) is 0.743. The second kappa shape index (κ2) is 22.0. The lowest BCUT2D eigenvalue weighted by Crippen LogP contribution is -2.44. The number of hydrogen-bond acceptors (Lipinski definition) is 5. The summed E-state index contributed by atoms with van der Waals surface area (Å²) in [6.07, 6.45) is 22.2. The van der Waals surface area contributed by atoms with Crippen molar-refractivity contribution < 1.29 is 18.8 Å². The van der Waals surface area contributed by atoms with E-state index in [0.29, 0.717) is 6.61 Å². The number of anilines is 1. The van der Waals surface area contributed by atoms with E-state index in [1.165, 1.54) is 83.1 Å². The molecule has 0 aliphatic carbocycles. The van der Waals surface area contributed by atoms with E-state index in [1.807, 2.05) is 37.3 Å². The molecule has 1 rings (SSSR count). The zero-order valence-electron chi connectivity index (χ0n) is 27.6. The van der Waals surface area contributed by atoms with Crippen LogP contribution in [-0.2, 0) is 18.8 Å². The molecule has 0 saturated heterocycles. The topological polar surface area (TPSA) is 56.8 Å². The van der Waals surface area contributed by atoms with Crippen molar-refractivity contribution in [3.05, 3.63) is 42.5 Å². The third-order valence-electron chi connectivity index (χ3n) is 8.26. The summed E-state index contributed by atoms with van der Waals surface area (Å²) in [6.45, 7) is 16.0. The second-order valence-corrected chi connectivity index (χ2v) is 17.7. The number of rotatable bonds is 24. The molecule has 0 aliphatic heterocycles. The minimum Gasteiger partial charge on any atom is -0.463 e. The second-order valence-electron chi connectivity index (χ2n) is 13.0. The van der Waals surface area contributed by atoms with Gasteiger partial charge in [-0.25, -0.2) is 4.79 Å². The smallest absolute Gasteiger partial charge is 0.330 e. The Morgan fingerprint density at radius 2 is 1.39 bits per heavy atom. The van der Waals surface area contributed by atoms with Crippen LogP contribution in [0.4, 0.5) is 5.69 Å². The maximum atomic E-state index is 12.0. The SMILES string of the molecule is CCCCCCCCCCCCCC[C@@H](CC[C@@H](/C=C/C(=O)OCC)ONc1ccccc1)O[Si](C)(C)C(C)(C)C. The van der Waals surface area contributed by atoms with E-state index < -0.39 is 8.32 Å². The molecule has 1 aromatic rings. The van der Waals surface area contributed by atoms with Crippen molar-refractivity contribution in [3.63, 3.8) is 0 Å². The number of nitrogens with one attached hydrogen (secondary N) is 1. The van der Waals surface area contributed by atoms with Crippen molar-refractivity contribution in [2.45, 2.75) is 161 Å². The van der Waals surface area contributed by atoms with Crippen LogP contribution in [0.1, 0.15) is 131 Å². The van der Waals surface area contributed by atoms with Gasteiger partial charge in [-0.15, -0.1) is 0 Å². The Morgan fingerprint density at radius 3 is 1.93 bits per heavy atom. The predicted octanol–water partition coefficient (Wildman–Crippen LogP) is 10.8. The van der Waals surface area contributed by atoms with Crippen molar-refractivity contribution >= 4 is 20.0 Å². The summed E-state index contributed by atoms with van der Waals surface area (Å²) in [4.78, 5) is 18.0. The number of benzene rings is 1. The van der Waals surface area contributed by atoms with Gasteiger partial charge in [0.1, 0.15) is 6.10 Å². The minimum atomic E-state index is -1.91. The first kappa shape index (κ1) is 37.4. The van der Waals surface area contributed by atoms with E-state index in [4.69, 9.17) is 14.0 Å². The summed E-state index contributed by atoms with van der Waals surface area (Å²) in [7, 11) is -1.91. The number of carbonyl (C=O) groups is 1. The van der Waals surface area contributed by atoms with Gasteiger partial charge in [0.15, 0.2) is 8.32 Å². The van der Waals surface area contributed by atoms with Crippen LogP contribution in [0, 0.1) is 0 Å². The van der Waals surface area contributed by atoms with Crippen LogP contribution in [-0.4, -0.2) is 33.1 Å². The van der Waals surface area contributed by atoms with Crippen molar-refractivity contribution in [1.29, 1.82) is 0 Å². The molecule has 0 radical (unpaired) electrons. The van der Waals surface area contributed by atoms with Crippen LogP contribution in [0.3, 0.4) is 0 Å². The summed E-state index contributed by atoms with van der Waals surface area (Å²) in [6, 6.07) is 9.83. The summed E-state index contributed by atoms with van der Waals surface area (Å²) in [5, 5.41) is 0.163. The summed E-state index contributed by atoms with van der Waals surface area (Å²) < 4.78 is 12.0. The molecule has 5 nitrogen and oxygen atoms in total. The number of unbranched alkanes of at least 4 members (excludes halogenated alkanes) is 11. The Labute approximate surface area is 254 Å². The summed E-state index contributed by atoms with van der Waals surface area (Å²) >= 11 is 0. The Balaban J connectivity index is 2.63. The van der Waals surface area contributed by atoms with E-state index in [9.17, 15) is 4.79 Å². The highest BCUT2D eigenvalue weighted by Gasteiger charge is 2.39. The molecule has 41 heavy (non-hydrogen) atoms. The van der Waals surface area contributed by atoms with Gasteiger partial charge in [-0.05, 0) is 62.5 Å². The van der Waals surface area contributed by atoms with Gasteiger partial charge in [0, 0.05) is 12.2 Å². The normalized spacial score (nSPS) is 13.8. The first-order valence-electron chi connectivity index (χ1n) is 16.6. The molecular weight excluding hydrogens is 526 g/mol. The number of hydrogen-bond donors (Lipinski definition) is 1. The molecule has 0 aliphatic rings. The van der Waals surface area contributed by atoms with E-state index in [-0.39, 0.29) is 23.2 Å². The maximum absolute atomic E-state index is 12.0. The number of para-hydroxylation sites is 1. The van der Waals surface area contributed by atoms with Crippen molar-refractivity contribution in [1.82, 2.24) is 0 Å². The van der Waals surface area contributed by atoms with Gasteiger partial charge in [-0.3, -0.25) is 10.3 Å². The van der Waals surface area contributed by atoms with Crippen LogP contribution >= 0.6 is 0 Å². The first-order valence-corrected chi connectivity index (χ1v) is 19.5. The van der Waals surface area contributed by atoms with E-state index in [0.717, 1.165) is 24.9 Å². The molecular formula is C35H63NO4Si. The van der Waals surface area contributed by atoms with Crippen molar-refractivity contribution in [2.24, 2.45) is 0 Å². The third kappa shape index (κ3) is 18.5. The number of carbonyl (C=O) groups excluding carboxylic acids is 1. The Kier molecular flexibility index (Phi) is 20.0. The zero-order valence-corrected chi connectivity index (χ0v) is 28.6. The lowest BCUT2D eigenvalue weighted by atomic mass is 10.0. The van der Waals surface area contributed by atoms with E-state index in [2.05, 4.69) is 46.3 Å². The Bertz CT molecular complexity index is 806. The van der Waals surface area contributed by atoms with Crippen molar-refractivity contribution in [3.8, 4) is 0 Å². The minimum absolute atomic E-state index is 0.163. The highest BCUT2D eigenvalue weighted by molar-refractivity contribution is 6.74. The van der Waals surface area contributed by atoms with E-state index in [1.54, 1.807) is 6.08 Å². The van der Waals surface area contributed by atoms with Gasteiger partial charge in [0.25, 0.3) is 0 Å². The van der Waals surface area contributed by atoms with Gasteiger partial charge in [0.2, 0.25) is 0 Å². The molecule has 0 amide bonds. The molecule has 0 unspecified atom stereocenters. The average Bonchev–Trinajstić information content (AvgIpc) is 2.93. The van der Waals surface area contributed by atoms with Gasteiger partial charge in [0.05, 0.1) is 12.3 Å². The molecule has 236 valence electrons. The fourth-order valence-corrected chi connectivity index (χ4v) is 6.06. The van der Waals surface area contributed by atoms with E-state index >= 15 is 0 Å². The average molecular weight is 590 g/mol. The summed E-state index contributed by atoms with van der Waals surface area (Å²) in [5.74, 6) is -0.341. The van der Waals surface area contributed by atoms with Crippen LogP contribution < -0.4 is 5.48 Å². The highest BCUT2D eigenvalue weighted by atomic mass is 28.4. The molecule has 0 saturated carbocycles. The van der Waals surface area contributed by atoms with Crippen LogP contribution in [0.5, 0.6) is 0 Å². The monoisotopic (exact) mass is 589 g/mol. The van der Waals surface area contributed by atoms with Crippen LogP contribution in [0.25, 0.3) is 0 Å². The lowest BCUT2D eigenvalue weighted by Gasteiger charge is -2.39. The standard InChI is InChI=1S/C35H63NO4Si/c1-8-10-11-12-13-14-15-16-17-18-19-23-26-33(40-41(6,7)35(3,4)5)28-27-32(29-30-34(37)38-9-2)39-36-31-24-21-20-22-25-31/h20-22,24-25,29-30,32-33,36H,8-19,23,26-28H2,1-7H3/b30-29+/t32-,33-/m0/s1.